The number of benzene rings is 1. The number of aliphatic imine (C=N–C) groups is 1. The molecule has 0 fully saturated rings. The Morgan fingerprint density at radius 3 is 2.61 bits per heavy atom. The SMILES string of the molecule is COc1ccc(CN=C(N)NCCOc2ncccc2C(F)(F)F)cc1OC. The minimum Gasteiger partial charge on any atom is -0.493 e. The van der Waals surface area contributed by atoms with E-state index in [1.54, 1.807) is 19.2 Å². The van der Waals surface area contributed by atoms with Gasteiger partial charge in [0.1, 0.15) is 12.2 Å². The molecular formula is C18H21F3N4O3. The highest BCUT2D eigenvalue weighted by Crippen LogP contribution is 2.34. The number of nitrogens with two attached hydrogens (primary N) is 1. The van der Waals surface area contributed by atoms with Gasteiger partial charge in [0.15, 0.2) is 17.5 Å². The maximum absolute atomic E-state index is 12.9. The van der Waals surface area contributed by atoms with Crippen molar-refractivity contribution < 1.29 is 27.4 Å². The largest absolute Gasteiger partial charge is 0.493 e. The van der Waals surface area contributed by atoms with E-state index in [1.165, 1.54) is 19.4 Å². The molecule has 10 heteroatoms. The number of rotatable bonds is 8. The predicted octanol–water partition coefficient (Wildman–Crippen LogP) is 2.60. The first-order valence-electron chi connectivity index (χ1n) is 8.25. The van der Waals surface area contributed by atoms with Gasteiger partial charge in [-0.3, -0.25) is 0 Å². The molecule has 0 aliphatic heterocycles. The molecule has 28 heavy (non-hydrogen) atoms. The number of aromatic nitrogens is 1. The first-order valence-corrected chi connectivity index (χ1v) is 8.25. The highest BCUT2D eigenvalue weighted by Gasteiger charge is 2.34. The Bertz CT molecular complexity index is 813. The number of nitrogens with one attached hydrogen (secondary N) is 1. The maximum atomic E-state index is 12.9. The van der Waals surface area contributed by atoms with Crippen LogP contribution in [0.4, 0.5) is 13.2 Å². The molecule has 0 amide bonds. The van der Waals surface area contributed by atoms with Crippen molar-refractivity contribution in [2.45, 2.75) is 12.7 Å². The second kappa shape index (κ2) is 9.67. The summed E-state index contributed by atoms with van der Waals surface area (Å²) in [6, 6.07) is 7.47. The van der Waals surface area contributed by atoms with Crippen LogP contribution in [-0.2, 0) is 12.7 Å². The van der Waals surface area contributed by atoms with Crippen LogP contribution in [0.3, 0.4) is 0 Å². The van der Waals surface area contributed by atoms with Crippen LogP contribution in [0.5, 0.6) is 17.4 Å². The zero-order valence-electron chi connectivity index (χ0n) is 15.4. The van der Waals surface area contributed by atoms with Crippen molar-refractivity contribution in [2.75, 3.05) is 27.4 Å². The fraction of sp³-hybridized carbons (Fsp3) is 0.333. The minimum atomic E-state index is -4.53. The van der Waals surface area contributed by atoms with E-state index in [4.69, 9.17) is 19.9 Å². The average Bonchev–Trinajstić information content (AvgIpc) is 2.69. The van der Waals surface area contributed by atoms with Gasteiger partial charge in [-0.05, 0) is 29.8 Å². The molecule has 3 N–H and O–H groups in total. The molecular weight excluding hydrogens is 377 g/mol. The van der Waals surface area contributed by atoms with Gasteiger partial charge in [-0.1, -0.05) is 6.07 Å². The number of halogens is 3. The fourth-order valence-electron chi connectivity index (χ4n) is 2.26. The van der Waals surface area contributed by atoms with Crippen molar-refractivity contribution in [3.63, 3.8) is 0 Å². The number of hydrogen-bond donors (Lipinski definition) is 2. The summed E-state index contributed by atoms with van der Waals surface area (Å²) >= 11 is 0. The van der Waals surface area contributed by atoms with E-state index < -0.39 is 17.6 Å². The zero-order chi connectivity index (χ0) is 20.6. The van der Waals surface area contributed by atoms with Gasteiger partial charge in [0.05, 0.1) is 27.3 Å². The molecule has 152 valence electrons. The van der Waals surface area contributed by atoms with Crippen LogP contribution in [0.15, 0.2) is 41.5 Å². The Morgan fingerprint density at radius 1 is 1.18 bits per heavy atom. The van der Waals surface area contributed by atoms with E-state index in [0.717, 1.165) is 11.6 Å². The van der Waals surface area contributed by atoms with Crippen LogP contribution in [0.2, 0.25) is 0 Å². The van der Waals surface area contributed by atoms with Gasteiger partial charge in [0.25, 0.3) is 0 Å². The molecule has 0 bridgehead atoms. The van der Waals surface area contributed by atoms with Gasteiger partial charge >= 0.3 is 6.18 Å². The van der Waals surface area contributed by atoms with E-state index in [-0.39, 0.29) is 19.1 Å². The fourth-order valence-corrected chi connectivity index (χ4v) is 2.26. The third-order valence-corrected chi connectivity index (χ3v) is 3.60. The topological polar surface area (TPSA) is 91.0 Å². The van der Waals surface area contributed by atoms with E-state index in [9.17, 15) is 13.2 Å². The van der Waals surface area contributed by atoms with Crippen LogP contribution < -0.4 is 25.3 Å². The predicted molar refractivity (Wildman–Crippen MR) is 97.6 cm³/mol. The van der Waals surface area contributed by atoms with Crippen molar-refractivity contribution in [1.82, 2.24) is 10.3 Å². The van der Waals surface area contributed by atoms with Crippen LogP contribution in [0.1, 0.15) is 11.1 Å². The van der Waals surface area contributed by atoms with Crippen LogP contribution in [0.25, 0.3) is 0 Å². The molecule has 0 saturated carbocycles. The molecule has 0 radical (unpaired) electrons. The third kappa shape index (κ3) is 5.93. The first-order chi connectivity index (χ1) is 13.3. The Morgan fingerprint density at radius 2 is 1.93 bits per heavy atom. The molecule has 0 atom stereocenters. The summed E-state index contributed by atoms with van der Waals surface area (Å²) < 4.78 is 54.0. The Labute approximate surface area is 160 Å². The summed E-state index contributed by atoms with van der Waals surface area (Å²) in [7, 11) is 3.08. The van der Waals surface area contributed by atoms with Gasteiger partial charge in [-0.2, -0.15) is 13.2 Å². The smallest absolute Gasteiger partial charge is 0.421 e. The second-order valence-corrected chi connectivity index (χ2v) is 5.52. The third-order valence-electron chi connectivity index (χ3n) is 3.60. The standard InChI is InChI=1S/C18H21F3N4O3/c1-26-14-6-5-12(10-15(14)27-2)11-25-17(22)24-8-9-28-16-13(18(19,20)21)4-3-7-23-16/h3-7,10H,8-9,11H2,1-2H3,(H3,22,24,25). The minimum absolute atomic E-state index is 0.0628. The Balaban J connectivity index is 1.84. The van der Waals surface area contributed by atoms with Crippen molar-refractivity contribution >= 4 is 5.96 Å². The average molecular weight is 398 g/mol. The lowest BCUT2D eigenvalue weighted by Crippen LogP contribution is -2.34. The number of nitrogens with zero attached hydrogens (tertiary/aromatic N) is 2. The molecule has 0 saturated heterocycles. The molecule has 2 rings (SSSR count). The molecule has 0 aliphatic carbocycles. The molecule has 0 aliphatic rings. The molecule has 7 nitrogen and oxygen atoms in total. The van der Waals surface area contributed by atoms with Crippen LogP contribution in [-0.4, -0.2) is 38.3 Å². The summed E-state index contributed by atoms with van der Waals surface area (Å²) in [5.41, 5.74) is 5.68. The number of hydrogen-bond acceptors (Lipinski definition) is 5. The summed E-state index contributed by atoms with van der Waals surface area (Å²) in [5, 5.41) is 2.77. The quantitative estimate of drug-likeness (QED) is 0.404. The first kappa shape index (κ1) is 21.1. The van der Waals surface area contributed by atoms with Crippen molar-refractivity contribution in [3.05, 3.63) is 47.7 Å². The summed E-state index contributed by atoms with van der Waals surface area (Å²) in [5.74, 6) is 0.838. The monoisotopic (exact) mass is 398 g/mol. The number of pyridine rings is 1. The molecule has 1 aromatic heterocycles. The van der Waals surface area contributed by atoms with Crippen LogP contribution in [0, 0.1) is 0 Å². The molecule has 0 spiro atoms. The molecule has 1 heterocycles. The van der Waals surface area contributed by atoms with Gasteiger partial charge in [0, 0.05) is 6.20 Å². The maximum Gasteiger partial charge on any atom is 0.421 e. The van der Waals surface area contributed by atoms with E-state index >= 15 is 0 Å². The van der Waals surface area contributed by atoms with Gasteiger partial charge in [-0.15, -0.1) is 0 Å². The normalized spacial score (nSPS) is 11.8. The van der Waals surface area contributed by atoms with Gasteiger partial charge in [0.2, 0.25) is 5.88 Å². The van der Waals surface area contributed by atoms with Gasteiger partial charge in [-0.25, -0.2) is 9.98 Å². The number of ether oxygens (including phenoxy) is 3. The van der Waals surface area contributed by atoms with E-state index in [1.807, 2.05) is 6.07 Å². The lowest BCUT2D eigenvalue weighted by Gasteiger charge is -2.13. The van der Waals surface area contributed by atoms with E-state index in [0.29, 0.717) is 18.0 Å². The second-order valence-electron chi connectivity index (χ2n) is 5.52. The summed E-state index contributed by atoms with van der Waals surface area (Å²) in [4.78, 5) is 7.78. The van der Waals surface area contributed by atoms with Crippen molar-refractivity contribution in [1.29, 1.82) is 0 Å². The molecule has 1 aromatic carbocycles. The zero-order valence-corrected chi connectivity index (χ0v) is 15.4. The summed E-state index contributed by atoms with van der Waals surface area (Å²) in [6.07, 6.45) is -3.30. The van der Waals surface area contributed by atoms with Gasteiger partial charge < -0.3 is 25.3 Å². The van der Waals surface area contributed by atoms with Crippen molar-refractivity contribution in [3.8, 4) is 17.4 Å². The Hall–Kier alpha value is -3.17. The molecule has 2 aromatic rings. The van der Waals surface area contributed by atoms with E-state index in [2.05, 4.69) is 15.3 Å². The molecule has 0 unspecified atom stereocenters. The highest BCUT2D eigenvalue weighted by atomic mass is 19.4. The van der Waals surface area contributed by atoms with Crippen molar-refractivity contribution in [2.24, 2.45) is 10.7 Å². The number of alkyl halides is 3. The lowest BCUT2D eigenvalue weighted by molar-refractivity contribution is -0.139. The summed E-state index contributed by atoms with van der Waals surface area (Å²) in [6.45, 7) is 0.389. The lowest BCUT2D eigenvalue weighted by atomic mass is 10.2. The van der Waals surface area contributed by atoms with Crippen LogP contribution >= 0.6 is 0 Å². The number of methoxy groups -OCH3 is 2. The Kier molecular flexibility index (Phi) is 7.30. The number of guanidine groups is 1. The highest BCUT2D eigenvalue weighted by molar-refractivity contribution is 5.77.